The third-order valence-electron chi connectivity index (χ3n) is 1.76. The summed E-state index contributed by atoms with van der Waals surface area (Å²) in [6.07, 6.45) is 8.99. The van der Waals surface area contributed by atoms with Crippen LogP contribution in [0.3, 0.4) is 0 Å². The van der Waals surface area contributed by atoms with E-state index in [1.807, 2.05) is 0 Å². The van der Waals surface area contributed by atoms with Gasteiger partial charge in [-0.1, -0.05) is 40.6 Å². The molecule has 0 saturated carbocycles. The summed E-state index contributed by atoms with van der Waals surface area (Å²) in [6.45, 7) is 2.20. The van der Waals surface area contributed by atoms with E-state index in [1.165, 1.54) is 11.1 Å². The average Bonchev–Trinajstić information content (AvgIpc) is 2.04. The van der Waals surface area contributed by atoms with Gasteiger partial charge in [-0.25, -0.2) is 0 Å². The summed E-state index contributed by atoms with van der Waals surface area (Å²) in [6, 6.07) is 0. The minimum atomic E-state index is 0.989. The molecule has 1 aliphatic rings. The first-order valence-corrected chi connectivity index (χ1v) is 4.78. The fraction of sp³-hybridized carbons (Fsp3) is 0.444. The molecule has 0 aromatic rings. The van der Waals surface area contributed by atoms with Gasteiger partial charge in [-0.3, -0.25) is 0 Å². The zero-order valence-electron chi connectivity index (χ0n) is 6.23. The van der Waals surface area contributed by atoms with Crippen LogP contribution >= 0.6 is 15.9 Å². The number of halogens is 1. The van der Waals surface area contributed by atoms with Crippen LogP contribution in [0.1, 0.15) is 19.8 Å². The maximum atomic E-state index is 3.46. The van der Waals surface area contributed by atoms with Gasteiger partial charge in [-0.2, -0.15) is 0 Å². The molecule has 0 N–H and O–H groups in total. The van der Waals surface area contributed by atoms with Crippen molar-refractivity contribution in [1.82, 2.24) is 0 Å². The molecule has 0 aromatic carbocycles. The molecule has 0 saturated heterocycles. The van der Waals surface area contributed by atoms with E-state index in [9.17, 15) is 0 Å². The Balaban J connectivity index is 2.73. The van der Waals surface area contributed by atoms with Crippen molar-refractivity contribution in [2.45, 2.75) is 19.8 Å². The molecule has 0 amide bonds. The van der Waals surface area contributed by atoms with E-state index >= 15 is 0 Å². The smallest absolute Gasteiger partial charge is 0.0282 e. The fourth-order valence-electron chi connectivity index (χ4n) is 1.16. The van der Waals surface area contributed by atoms with Gasteiger partial charge in [0.2, 0.25) is 0 Å². The molecule has 0 nitrogen and oxygen atoms in total. The van der Waals surface area contributed by atoms with Gasteiger partial charge in [-0.15, -0.1) is 0 Å². The zero-order chi connectivity index (χ0) is 7.40. The molecule has 1 aliphatic carbocycles. The molecule has 0 aliphatic heterocycles. The Hall–Kier alpha value is -0.0400. The lowest BCUT2D eigenvalue weighted by molar-refractivity contribution is 1.02. The Labute approximate surface area is 71.1 Å². The van der Waals surface area contributed by atoms with Crippen molar-refractivity contribution in [1.29, 1.82) is 0 Å². The summed E-state index contributed by atoms with van der Waals surface area (Å²) < 4.78 is 0. The van der Waals surface area contributed by atoms with Crippen molar-refractivity contribution in [3.8, 4) is 0 Å². The van der Waals surface area contributed by atoms with Crippen LogP contribution < -0.4 is 0 Å². The first-order valence-electron chi connectivity index (χ1n) is 3.66. The molecule has 0 bridgehead atoms. The molecule has 55 valence electrons. The third kappa shape index (κ3) is 1.72. The van der Waals surface area contributed by atoms with Crippen LogP contribution in [0, 0.1) is 6.42 Å². The lowest BCUT2D eigenvalue weighted by atomic mass is 9.97. The summed E-state index contributed by atoms with van der Waals surface area (Å²) >= 11 is 3.46. The molecule has 0 aromatic heterocycles. The van der Waals surface area contributed by atoms with E-state index in [0.717, 1.165) is 18.2 Å². The minimum Gasteiger partial charge on any atom is -0.0876 e. The largest absolute Gasteiger partial charge is 0.0876 e. The van der Waals surface area contributed by atoms with Crippen molar-refractivity contribution in [3.05, 3.63) is 29.7 Å². The molecular weight excluding hydrogens is 188 g/mol. The quantitative estimate of drug-likeness (QED) is 0.600. The summed E-state index contributed by atoms with van der Waals surface area (Å²) in [5, 5.41) is 0.989. The van der Waals surface area contributed by atoms with E-state index < -0.39 is 0 Å². The van der Waals surface area contributed by atoms with Crippen molar-refractivity contribution in [2.24, 2.45) is 0 Å². The van der Waals surface area contributed by atoms with Gasteiger partial charge in [-0.05, 0) is 24.8 Å². The predicted octanol–water partition coefficient (Wildman–Crippen LogP) is 3.25. The fourth-order valence-corrected chi connectivity index (χ4v) is 1.71. The molecule has 0 spiro atoms. The van der Waals surface area contributed by atoms with Crippen LogP contribution in [-0.2, 0) is 0 Å². The van der Waals surface area contributed by atoms with E-state index in [2.05, 4.69) is 41.4 Å². The number of alkyl halides is 1. The number of allylic oxidation sites excluding steroid dienone is 4. The molecule has 1 rings (SSSR count). The van der Waals surface area contributed by atoms with E-state index in [0.29, 0.717) is 0 Å². The maximum absolute atomic E-state index is 3.46. The van der Waals surface area contributed by atoms with Gasteiger partial charge >= 0.3 is 0 Å². The highest BCUT2D eigenvalue weighted by Crippen LogP contribution is 2.21. The molecule has 0 fully saturated rings. The zero-order valence-corrected chi connectivity index (χ0v) is 7.82. The van der Waals surface area contributed by atoms with Gasteiger partial charge in [0.25, 0.3) is 0 Å². The van der Waals surface area contributed by atoms with E-state index in [-0.39, 0.29) is 0 Å². The SMILES string of the molecule is CCC1=C(CBr)C=CC[CH]1. The molecular formula is C9H12Br. The molecule has 10 heavy (non-hydrogen) atoms. The lowest BCUT2D eigenvalue weighted by Crippen LogP contribution is -1.95. The van der Waals surface area contributed by atoms with Gasteiger partial charge in [0.15, 0.2) is 0 Å². The molecule has 1 radical (unpaired) electrons. The third-order valence-corrected chi connectivity index (χ3v) is 2.36. The van der Waals surface area contributed by atoms with Gasteiger partial charge in [0, 0.05) is 5.33 Å². The highest BCUT2D eigenvalue weighted by molar-refractivity contribution is 9.09. The standard InChI is InChI=1S/C9H12Br/c1-2-8-5-3-4-6-9(8)7-10/h4-6H,2-3,7H2,1H3. The second kappa shape index (κ2) is 3.97. The van der Waals surface area contributed by atoms with Crippen molar-refractivity contribution in [2.75, 3.05) is 5.33 Å². The van der Waals surface area contributed by atoms with Crippen molar-refractivity contribution < 1.29 is 0 Å². The normalized spacial score (nSPS) is 18.2. The summed E-state index contributed by atoms with van der Waals surface area (Å²) in [5.74, 6) is 0. The topological polar surface area (TPSA) is 0 Å². The summed E-state index contributed by atoms with van der Waals surface area (Å²) in [5.41, 5.74) is 2.94. The molecule has 0 heterocycles. The average molecular weight is 200 g/mol. The van der Waals surface area contributed by atoms with Crippen LogP contribution in [0.25, 0.3) is 0 Å². The molecule has 1 heteroatoms. The predicted molar refractivity (Wildman–Crippen MR) is 49.2 cm³/mol. The summed E-state index contributed by atoms with van der Waals surface area (Å²) in [7, 11) is 0. The number of hydrogen-bond donors (Lipinski definition) is 0. The lowest BCUT2D eigenvalue weighted by Gasteiger charge is -2.11. The van der Waals surface area contributed by atoms with Gasteiger partial charge < -0.3 is 0 Å². The Bertz CT molecular complexity index is 166. The van der Waals surface area contributed by atoms with Crippen LogP contribution in [0.5, 0.6) is 0 Å². The first-order chi connectivity index (χ1) is 4.88. The number of rotatable bonds is 2. The first kappa shape index (κ1) is 8.06. The monoisotopic (exact) mass is 199 g/mol. The summed E-state index contributed by atoms with van der Waals surface area (Å²) in [4.78, 5) is 0. The Morgan fingerprint density at radius 2 is 2.30 bits per heavy atom. The second-order valence-electron chi connectivity index (χ2n) is 2.38. The van der Waals surface area contributed by atoms with Crippen molar-refractivity contribution in [3.63, 3.8) is 0 Å². The van der Waals surface area contributed by atoms with Gasteiger partial charge in [0.05, 0.1) is 0 Å². The number of hydrogen-bond acceptors (Lipinski definition) is 0. The second-order valence-corrected chi connectivity index (χ2v) is 2.94. The Morgan fingerprint density at radius 3 is 2.80 bits per heavy atom. The van der Waals surface area contributed by atoms with Gasteiger partial charge in [0.1, 0.15) is 0 Å². The molecule has 0 unspecified atom stereocenters. The Morgan fingerprint density at radius 1 is 1.50 bits per heavy atom. The van der Waals surface area contributed by atoms with Crippen LogP contribution in [0.2, 0.25) is 0 Å². The van der Waals surface area contributed by atoms with Crippen molar-refractivity contribution >= 4 is 15.9 Å². The van der Waals surface area contributed by atoms with E-state index in [1.54, 1.807) is 0 Å². The van der Waals surface area contributed by atoms with Crippen LogP contribution in [0.15, 0.2) is 23.3 Å². The highest BCUT2D eigenvalue weighted by Gasteiger charge is 2.04. The molecule has 0 atom stereocenters. The maximum Gasteiger partial charge on any atom is 0.0282 e. The van der Waals surface area contributed by atoms with Crippen LogP contribution in [0.4, 0.5) is 0 Å². The van der Waals surface area contributed by atoms with Crippen LogP contribution in [-0.4, -0.2) is 5.33 Å². The highest BCUT2D eigenvalue weighted by atomic mass is 79.9. The Kier molecular flexibility index (Phi) is 3.20. The minimum absolute atomic E-state index is 0.989. The van der Waals surface area contributed by atoms with E-state index in [4.69, 9.17) is 0 Å².